The molecule has 2 rings (SSSR count). The molecule has 1 heterocycles. The highest BCUT2D eigenvalue weighted by atomic mass is 19.4. The van der Waals surface area contributed by atoms with E-state index in [2.05, 4.69) is 14.5 Å². The number of rotatable bonds is 1. The lowest BCUT2D eigenvalue weighted by atomic mass is 10.1. The van der Waals surface area contributed by atoms with E-state index in [1.807, 2.05) is 0 Å². The molecule has 1 fully saturated rings. The first-order valence-electron chi connectivity index (χ1n) is 4.13. The normalized spacial score (nSPS) is 26.9. The summed E-state index contributed by atoms with van der Waals surface area (Å²) in [5.74, 6) is -2.80. The molecule has 1 aliphatic heterocycles. The first kappa shape index (κ1) is 10.4. The van der Waals surface area contributed by atoms with Crippen LogP contribution < -0.4 is 0 Å². The lowest BCUT2D eigenvalue weighted by molar-refractivity contribution is -0.418. The minimum Gasteiger partial charge on any atom is -0.307 e. The molecular weight excluding hydrogens is 213 g/mol. The second-order valence-corrected chi connectivity index (χ2v) is 2.94. The topological polar surface area (TPSA) is 27.7 Å². The van der Waals surface area contributed by atoms with Gasteiger partial charge in [0.15, 0.2) is 6.79 Å². The Bertz CT molecular complexity index is 330. The summed E-state index contributed by atoms with van der Waals surface area (Å²) in [6.45, 7) is -0.547. The molecule has 1 atom stereocenters. The van der Waals surface area contributed by atoms with Crippen LogP contribution in [0.3, 0.4) is 0 Å². The van der Waals surface area contributed by atoms with Gasteiger partial charge in [-0.2, -0.15) is 18.1 Å². The summed E-state index contributed by atoms with van der Waals surface area (Å²) >= 11 is 0. The van der Waals surface area contributed by atoms with Gasteiger partial charge in [-0.3, -0.25) is 0 Å². The van der Waals surface area contributed by atoms with Gasteiger partial charge in [0.25, 0.3) is 0 Å². The first-order chi connectivity index (χ1) is 7.06. The van der Waals surface area contributed by atoms with E-state index in [1.165, 1.54) is 24.3 Å². The highest BCUT2D eigenvalue weighted by molar-refractivity contribution is 5.22. The van der Waals surface area contributed by atoms with Crippen molar-refractivity contribution in [1.82, 2.24) is 0 Å². The van der Waals surface area contributed by atoms with Crippen molar-refractivity contribution in [3.63, 3.8) is 0 Å². The highest BCUT2D eigenvalue weighted by Crippen LogP contribution is 2.45. The fourth-order valence-corrected chi connectivity index (χ4v) is 1.32. The number of benzene rings is 1. The van der Waals surface area contributed by atoms with E-state index in [0.29, 0.717) is 0 Å². The summed E-state index contributed by atoms with van der Waals surface area (Å²) in [6, 6.07) is 7.06. The van der Waals surface area contributed by atoms with Crippen LogP contribution >= 0.6 is 0 Å². The van der Waals surface area contributed by atoms with Crippen LogP contribution in [0.4, 0.5) is 13.2 Å². The molecule has 0 amide bonds. The molecule has 6 heteroatoms. The summed E-state index contributed by atoms with van der Waals surface area (Å²) in [5, 5.41) is 0. The summed E-state index contributed by atoms with van der Waals surface area (Å²) in [6.07, 6.45) is -4.69. The van der Waals surface area contributed by atoms with Crippen LogP contribution in [0.5, 0.6) is 0 Å². The zero-order valence-electron chi connectivity index (χ0n) is 7.45. The van der Waals surface area contributed by atoms with Gasteiger partial charge in [0.1, 0.15) is 0 Å². The van der Waals surface area contributed by atoms with Crippen LogP contribution in [-0.4, -0.2) is 13.0 Å². The number of halogens is 3. The molecule has 1 unspecified atom stereocenters. The zero-order valence-corrected chi connectivity index (χ0v) is 7.45. The maximum atomic E-state index is 12.8. The Morgan fingerprint density at radius 2 is 1.80 bits per heavy atom. The molecule has 0 saturated carbocycles. The molecule has 0 spiro atoms. The third-order valence-electron chi connectivity index (χ3n) is 2.01. The van der Waals surface area contributed by atoms with E-state index in [9.17, 15) is 13.2 Å². The molecule has 0 aromatic heterocycles. The predicted octanol–water partition coefficient (Wildman–Crippen LogP) is 2.34. The van der Waals surface area contributed by atoms with Crippen LogP contribution in [0.1, 0.15) is 5.56 Å². The zero-order chi connectivity index (χ0) is 10.9. The van der Waals surface area contributed by atoms with Crippen molar-refractivity contribution in [3.8, 4) is 0 Å². The second kappa shape index (κ2) is 3.48. The molecule has 15 heavy (non-hydrogen) atoms. The van der Waals surface area contributed by atoms with Crippen molar-refractivity contribution in [3.05, 3.63) is 35.9 Å². The SMILES string of the molecule is FC(F)(F)C1(c2ccccc2)OCOO1. The van der Waals surface area contributed by atoms with Crippen molar-refractivity contribution in [2.24, 2.45) is 0 Å². The smallest absolute Gasteiger partial charge is 0.307 e. The van der Waals surface area contributed by atoms with Crippen molar-refractivity contribution in [1.29, 1.82) is 0 Å². The van der Waals surface area contributed by atoms with Gasteiger partial charge in [-0.1, -0.05) is 30.3 Å². The van der Waals surface area contributed by atoms with E-state index >= 15 is 0 Å². The van der Waals surface area contributed by atoms with Crippen LogP contribution in [0, 0.1) is 0 Å². The van der Waals surface area contributed by atoms with Crippen LogP contribution in [-0.2, 0) is 20.3 Å². The lowest BCUT2D eigenvalue weighted by Gasteiger charge is -2.26. The summed E-state index contributed by atoms with van der Waals surface area (Å²) < 4.78 is 42.8. The molecule has 0 bridgehead atoms. The number of hydrogen-bond acceptors (Lipinski definition) is 3. The van der Waals surface area contributed by atoms with Crippen LogP contribution in [0.15, 0.2) is 30.3 Å². The van der Waals surface area contributed by atoms with Crippen molar-refractivity contribution < 1.29 is 27.7 Å². The Morgan fingerprint density at radius 1 is 1.13 bits per heavy atom. The van der Waals surface area contributed by atoms with E-state index in [-0.39, 0.29) is 5.56 Å². The molecule has 82 valence electrons. The average Bonchev–Trinajstić information content (AvgIpc) is 2.68. The van der Waals surface area contributed by atoms with Crippen molar-refractivity contribution in [2.75, 3.05) is 6.79 Å². The Morgan fingerprint density at radius 3 is 2.27 bits per heavy atom. The third-order valence-corrected chi connectivity index (χ3v) is 2.01. The van der Waals surface area contributed by atoms with Gasteiger partial charge in [-0.15, -0.1) is 0 Å². The van der Waals surface area contributed by atoms with Gasteiger partial charge in [0.05, 0.1) is 0 Å². The van der Waals surface area contributed by atoms with Crippen molar-refractivity contribution in [2.45, 2.75) is 12.0 Å². The monoisotopic (exact) mass is 220 g/mol. The van der Waals surface area contributed by atoms with E-state index in [0.717, 1.165) is 0 Å². The fraction of sp³-hybridized carbons (Fsp3) is 0.333. The quantitative estimate of drug-likeness (QED) is 0.680. The van der Waals surface area contributed by atoms with E-state index in [4.69, 9.17) is 0 Å². The molecule has 0 aliphatic carbocycles. The summed E-state index contributed by atoms with van der Waals surface area (Å²) in [4.78, 5) is 8.44. The Balaban J connectivity index is 2.44. The molecule has 1 aromatic rings. The minimum absolute atomic E-state index is 0.144. The van der Waals surface area contributed by atoms with Gasteiger partial charge in [0, 0.05) is 5.56 Å². The molecule has 1 aliphatic rings. The van der Waals surface area contributed by atoms with E-state index in [1.54, 1.807) is 6.07 Å². The molecule has 3 nitrogen and oxygen atoms in total. The van der Waals surface area contributed by atoms with Gasteiger partial charge in [-0.25, -0.2) is 4.89 Å². The van der Waals surface area contributed by atoms with Crippen LogP contribution in [0.25, 0.3) is 0 Å². The minimum atomic E-state index is -4.69. The molecule has 1 aromatic carbocycles. The van der Waals surface area contributed by atoms with E-state index < -0.39 is 18.8 Å². The van der Waals surface area contributed by atoms with Gasteiger partial charge >= 0.3 is 12.0 Å². The van der Waals surface area contributed by atoms with Gasteiger partial charge in [-0.05, 0) is 0 Å². The fourth-order valence-electron chi connectivity index (χ4n) is 1.32. The predicted molar refractivity (Wildman–Crippen MR) is 42.3 cm³/mol. The Labute approximate surface area is 83.3 Å². The number of hydrogen-bond donors (Lipinski definition) is 0. The molecule has 0 N–H and O–H groups in total. The Hall–Kier alpha value is -1.11. The first-order valence-corrected chi connectivity index (χ1v) is 4.13. The second-order valence-electron chi connectivity index (χ2n) is 2.94. The maximum absolute atomic E-state index is 12.8. The molecular formula is C9H7F3O3. The Kier molecular flexibility index (Phi) is 2.41. The summed E-state index contributed by atoms with van der Waals surface area (Å²) in [7, 11) is 0. The number of ether oxygens (including phenoxy) is 1. The third kappa shape index (κ3) is 1.60. The maximum Gasteiger partial charge on any atom is 0.451 e. The average molecular weight is 220 g/mol. The van der Waals surface area contributed by atoms with Crippen LogP contribution in [0.2, 0.25) is 0 Å². The van der Waals surface area contributed by atoms with Gasteiger partial charge < -0.3 is 4.74 Å². The number of alkyl halides is 3. The molecule has 1 saturated heterocycles. The summed E-state index contributed by atoms with van der Waals surface area (Å²) in [5.41, 5.74) is -0.144. The highest BCUT2D eigenvalue weighted by Gasteiger charge is 2.63. The standard InChI is InChI=1S/C9H7F3O3/c10-9(11,12)8(13-6-14-15-8)7-4-2-1-3-5-7/h1-5H,6H2. The van der Waals surface area contributed by atoms with Crippen molar-refractivity contribution >= 4 is 0 Å². The largest absolute Gasteiger partial charge is 0.451 e. The van der Waals surface area contributed by atoms with Gasteiger partial charge in [0.2, 0.25) is 0 Å². The lowest BCUT2D eigenvalue weighted by Crippen LogP contribution is -2.43. The molecule has 0 radical (unpaired) electrons.